The molecule has 0 amide bonds. The fourth-order valence-corrected chi connectivity index (χ4v) is 3.00. The number of benzene rings is 1. The van der Waals surface area contributed by atoms with E-state index in [1.54, 1.807) is 0 Å². The molecule has 0 spiro atoms. The molecule has 4 heteroatoms. The zero-order valence-corrected chi connectivity index (χ0v) is 11.9. The molecular weight excluding hydrogens is 242 g/mol. The van der Waals surface area contributed by atoms with E-state index in [4.69, 9.17) is 0 Å². The van der Waals surface area contributed by atoms with Crippen LogP contribution in [0.1, 0.15) is 41.6 Å². The summed E-state index contributed by atoms with van der Waals surface area (Å²) in [6, 6.07) is 8.92. The molecule has 96 valence electrons. The SMILES string of the molecule is CCc1cccc(C(NC)c2snnc2CC)c1. The van der Waals surface area contributed by atoms with Gasteiger partial charge >= 0.3 is 0 Å². The summed E-state index contributed by atoms with van der Waals surface area (Å²) in [7, 11) is 1.99. The van der Waals surface area contributed by atoms with Gasteiger partial charge in [-0.3, -0.25) is 0 Å². The molecule has 0 fully saturated rings. The van der Waals surface area contributed by atoms with Gasteiger partial charge in [-0.05, 0) is 42.5 Å². The molecule has 0 aliphatic heterocycles. The molecule has 0 aliphatic rings. The van der Waals surface area contributed by atoms with Crippen LogP contribution < -0.4 is 5.32 Å². The highest BCUT2D eigenvalue weighted by atomic mass is 32.1. The van der Waals surface area contributed by atoms with Gasteiger partial charge in [0.1, 0.15) is 0 Å². The van der Waals surface area contributed by atoms with Crippen molar-refractivity contribution in [3.05, 3.63) is 46.0 Å². The first kappa shape index (κ1) is 13.2. The topological polar surface area (TPSA) is 37.8 Å². The predicted molar refractivity (Wildman–Crippen MR) is 76.0 cm³/mol. The highest BCUT2D eigenvalue weighted by Crippen LogP contribution is 2.27. The molecular formula is C14H19N3S. The molecule has 0 bridgehead atoms. The molecule has 1 aromatic heterocycles. The second-order valence-corrected chi connectivity index (χ2v) is 5.04. The Bertz CT molecular complexity index is 507. The van der Waals surface area contributed by atoms with E-state index in [0.29, 0.717) is 0 Å². The minimum absolute atomic E-state index is 0.200. The average molecular weight is 261 g/mol. The van der Waals surface area contributed by atoms with Crippen LogP contribution in [0, 0.1) is 0 Å². The van der Waals surface area contributed by atoms with Gasteiger partial charge in [-0.15, -0.1) is 5.10 Å². The molecule has 0 saturated carbocycles. The van der Waals surface area contributed by atoms with E-state index >= 15 is 0 Å². The van der Waals surface area contributed by atoms with E-state index in [2.05, 4.69) is 53.0 Å². The Labute approximate surface area is 112 Å². The molecule has 0 saturated heterocycles. The first-order valence-corrected chi connectivity index (χ1v) is 7.14. The lowest BCUT2D eigenvalue weighted by Gasteiger charge is -2.16. The van der Waals surface area contributed by atoms with E-state index in [-0.39, 0.29) is 6.04 Å². The Morgan fingerprint density at radius 2 is 2.11 bits per heavy atom. The first-order valence-electron chi connectivity index (χ1n) is 6.37. The van der Waals surface area contributed by atoms with Gasteiger partial charge in [0.15, 0.2) is 0 Å². The lowest BCUT2D eigenvalue weighted by atomic mass is 10.0. The third-order valence-corrected chi connectivity index (χ3v) is 3.99. The summed E-state index contributed by atoms with van der Waals surface area (Å²) >= 11 is 1.49. The molecule has 2 aromatic rings. The van der Waals surface area contributed by atoms with Crippen molar-refractivity contribution in [2.75, 3.05) is 7.05 Å². The molecule has 1 unspecified atom stereocenters. The summed E-state index contributed by atoms with van der Waals surface area (Å²) in [6.07, 6.45) is 1.99. The van der Waals surface area contributed by atoms with Gasteiger partial charge in [0.05, 0.1) is 16.6 Å². The number of aryl methyl sites for hydroxylation is 2. The lowest BCUT2D eigenvalue weighted by molar-refractivity contribution is 0.692. The van der Waals surface area contributed by atoms with E-state index in [1.807, 2.05) is 7.05 Å². The van der Waals surface area contributed by atoms with Crippen molar-refractivity contribution in [3.8, 4) is 0 Å². The van der Waals surface area contributed by atoms with Crippen molar-refractivity contribution in [2.24, 2.45) is 0 Å². The van der Waals surface area contributed by atoms with Crippen molar-refractivity contribution < 1.29 is 0 Å². The number of nitrogens with zero attached hydrogens (tertiary/aromatic N) is 2. The molecule has 0 aliphatic carbocycles. The zero-order valence-electron chi connectivity index (χ0n) is 11.1. The number of hydrogen-bond donors (Lipinski definition) is 1. The van der Waals surface area contributed by atoms with Crippen molar-refractivity contribution in [1.82, 2.24) is 14.9 Å². The maximum Gasteiger partial charge on any atom is 0.0804 e. The van der Waals surface area contributed by atoms with Crippen LogP contribution in [-0.4, -0.2) is 16.6 Å². The van der Waals surface area contributed by atoms with Gasteiger partial charge in [-0.2, -0.15) is 0 Å². The Morgan fingerprint density at radius 3 is 2.78 bits per heavy atom. The van der Waals surface area contributed by atoms with Gasteiger partial charge in [0, 0.05) is 0 Å². The Morgan fingerprint density at radius 1 is 1.28 bits per heavy atom. The van der Waals surface area contributed by atoms with E-state index in [9.17, 15) is 0 Å². The van der Waals surface area contributed by atoms with E-state index in [0.717, 1.165) is 18.5 Å². The molecule has 1 N–H and O–H groups in total. The minimum atomic E-state index is 0.200. The quantitative estimate of drug-likeness (QED) is 0.899. The molecule has 3 nitrogen and oxygen atoms in total. The van der Waals surface area contributed by atoms with Crippen molar-refractivity contribution in [1.29, 1.82) is 0 Å². The largest absolute Gasteiger partial charge is 0.309 e. The summed E-state index contributed by atoms with van der Waals surface area (Å²) in [5.41, 5.74) is 3.75. The molecule has 0 radical (unpaired) electrons. The van der Waals surface area contributed by atoms with E-state index in [1.165, 1.54) is 27.5 Å². The van der Waals surface area contributed by atoms with Gasteiger partial charge in [0.25, 0.3) is 0 Å². The molecule has 18 heavy (non-hydrogen) atoms. The van der Waals surface area contributed by atoms with Gasteiger partial charge in [0.2, 0.25) is 0 Å². The maximum absolute atomic E-state index is 4.20. The van der Waals surface area contributed by atoms with Crippen molar-refractivity contribution in [2.45, 2.75) is 32.7 Å². The summed E-state index contributed by atoms with van der Waals surface area (Å²) in [5, 5.41) is 7.58. The maximum atomic E-state index is 4.20. The van der Waals surface area contributed by atoms with Crippen LogP contribution >= 0.6 is 11.5 Å². The second kappa shape index (κ2) is 6.07. The van der Waals surface area contributed by atoms with Crippen LogP contribution in [0.15, 0.2) is 24.3 Å². The van der Waals surface area contributed by atoms with Crippen molar-refractivity contribution in [3.63, 3.8) is 0 Å². The predicted octanol–water partition coefficient (Wildman–Crippen LogP) is 2.97. The first-order chi connectivity index (χ1) is 8.80. The molecule has 2 rings (SSSR count). The second-order valence-electron chi connectivity index (χ2n) is 4.26. The number of rotatable bonds is 5. The monoisotopic (exact) mass is 261 g/mol. The summed E-state index contributed by atoms with van der Waals surface area (Å²) in [6.45, 7) is 4.30. The van der Waals surface area contributed by atoms with E-state index < -0.39 is 0 Å². The molecule has 1 heterocycles. The van der Waals surface area contributed by atoms with Crippen molar-refractivity contribution >= 4 is 11.5 Å². The Kier molecular flexibility index (Phi) is 4.44. The van der Waals surface area contributed by atoms with Crippen LogP contribution in [0.5, 0.6) is 0 Å². The zero-order chi connectivity index (χ0) is 13.0. The summed E-state index contributed by atoms with van der Waals surface area (Å²) in [4.78, 5) is 1.23. The van der Waals surface area contributed by atoms with Crippen LogP contribution in [0.2, 0.25) is 0 Å². The lowest BCUT2D eigenvalue weighted by Crippen LogP contribution is -2.18. The fourth-order valence-electron chi connectivity index (χ4n) is 2.12. The molecule has 1 aromatic carbocycles. The van der Waals surface area contributed by atoms with Gasteiger partial charge in [-0.1, -0.05) is 42.6 Å². The third-order valence-electron chi connectivity index (χ3n) is 3.16. The Balaban J connectivity index is 2.38. The normalized spacial score (nSPS) is 12.6. The van der Waals surface area contributed by atoms with Crippen LogP contribution in [0.25, 0.3) is 0 Å². The van der Waals surface area contributed by atoms with Crippen LogP contribution in [-0.2, 0) is 12.8 Å². The number of aromatic nitrogens is 2. The minimum Gasteiger partial charge on any atom is -0.309 e. The molecule has 1 atom stereocenters. The highest BCUT2D eigenvalue weighted by molar-refractivity contribution is 7.05. The van der Waals surface area contributed by atoms with Crippen LogP contribution in [0.4, 0.5) is 0 Å². The average Bonchev–Trinajstić information content (AvgIpc) is 2.88. The highest BCUT2D eigenvalue weighted by Gasteiger charge is 2.18. The Hall–Kier alpha value is -1.26. The fraction of sp³-hybridized carbons (Fsp3) is 0.429. The number of hydrogen-bond acceptors (Lipinski definition) is 4. The summed E-state index contributed by atoms with van der Waals surface area (Å²) in [5.74, 6) is 0. The van der Waals surface area contributed by atoms with Crippen LogP contribution in [0.3, 0.4) is 0 Å². The smallest absolute Gasteiger partial charge is 0.0804 e. The number of nitrogens with one attached hydrogen (secondary N) is 1. The van der Waals surface area contributed by atoms with Gasteiger partial charge in [-0.25, -0.2) is 0 Å². The van der Waals surface area contributed by atoms with Gasteiger partial charge < -0.3 is 5.32 Å². The summed E-state index contributed by atoms with van der Waals surface area (Å²) < 4.78 is 4.08. The standard InChI is InChI=1S/C14H19N3S/c1-4-10-7-6-8-11(9-10)13(15-3)14-12(5-2)16-17-18-14/h6-9,13,15H,4-5H2,1-3H3. The third kappa shape index (κ3) is 2.60.